The molecular formula is C29H37BrN6O2. The summed E-state index contributed by atoms with van der Waals surface area (Å²) in [5, 5.41) is 20.0. The van der Waals surface area contributed by atoms with Gasteiger partial charge in [0.15, 0.2) is 11.5 Å². The Morgan fingerprint density at radius 3 is 2.63 bits per heavy atom. The molecule has 1 aliphatic carbocycles. The fraction of sp³-hybridized carbons (Fsp3) is 0.414. The number of anilines is 2. The van der Waals surface area contributed by atoms with Crippen LogP contribution in [0.3, 0.4) is 0 Å². The highest BCUT2D eigenvalue weighted by molar-refractivity contribution is 9.10. The minimum atomic E-state index is -0.191. The van der Waals surface area contributed by atoms with Gasteiger partial charge in [0, 0.05) is 19.1 Å². The van der Waals surface area contributed by atoms with E-state index in [1.807, 2.05) is 41.8 Å². The number of nitrogens with one attached hydrogen (secondary N) is 3. The van der Waals surface area contributed by atoms with Gasteiger partial charge in [-0.25, -0.2) is 0 Å². The van der Waals surface area contributed by atoms with Gasteiger partial charge in [0.05, 0.1) is 17.1 Å². The summed E-state index contributed by atoms with van der Waals surface area (Å²) >= 11 is 3.41. The van der Waals surface area contributed by atoms with E-state index in [0.717, 1.165) is 24.8 Å². The molecule has 0 saturated heterocycles. The Hall–Kier alpha value is -3.33. The number of amides is 1. The van der Waals surface area contributed by atoms with Crippen LogP contribution in [0.4, 0.5) is 11.8 Å². The molecule has 38 heavy (non-hydrogen) atoms. The van der Waals surface area contributed by atoms with Gasteiger partial charge in [0.1, 0.15) is 5.75 Å². The first-order chi connectivity index (χ1) is 18.5. The zero-order chi connectivity index (χ0) is 26.9. The van der Waals surface area contributed by atoms with Crippen molar-refractivity contribution < 1.29 is 9.90 Å². The molecule has 1 atom stereocenters. The molecule has 0 unspecified atom stereocenters. The standard InChI is InChI=1S/C29H37BrN6O2/c1-3-32-28(38)26-27(33-18-23(31-2)16-20-10-6-4-7-11-20)35-29(34-22-12-8-5-9-13-22)36(26)19-21-14-15-25(37)24(30)17-21/h4,6-7,10-11,14-15,17,22-23,33,37H,2-3,5,8-9,12-13,16,18-19H2,1H3,(H,32,38)(H,34,35)/t23-/m1/s1. The summed E-state index contributed by atoms with van der Waals surface area (Å²) in [6, 6.07) is 15.8. The van der Waals surface area contributed by atoms with Crippen molar-refractivity contribution in [1.29, 1.82) is 0 Å². The van der Waals surface area contributed by atoms with Crippen molar-refractivity contribution >= 4 is 40.3 Å². The van der Waals surface area contributed by atoms with Crippen LogP contribution in [0.5, 0.6) is 5.75 Å². The van der Waals surface area contributed by atoms with Crippen LogP contribution < -0.4 is 16.0 Å². The summed E-state index contributed by atoms with van der Waals surface area (Å²) in [7, 11) is 0. The highest BCUT2D eigenvalue weighted by Gasteiger charge is 2.26. The Morgan fingerprint density at radius 1 is 1.18 bits per heavy atom. The number of aromatic hydroxyl groups is 1. The van der Waals surface area contributed by atoms with Gasteiger partial charge in [0.2, 0.25) is 5.95 Å². The number of benzene rings is 2. The molecule has 202 valence electrons. The average molecular weight is 582 g/mol. The van der Waals surface area contributed by atoms with Gasteiger partial charge in [-0.2, -0.15) is 4.98 Å². The molecule has 3 aromatic rings. The van der Waals surface area contributed by atoms with Gasteiger partial charge in [-0.1, -0.05) is 55.7 Å². The highest BCUT2D eigenvalue weighted by atomic mass is 79.9. The molecule has 8 nitrogen and oxygen atoms in total. The Morgan fingerprint density at radius 2 is 1.95 bits per heavy atom. The van der Waals surface area contributed by atoms with Crippen molar-refractivity contribution in [2.75, 3.05) is 23.7 Å². The third-order valence-corrected chi connectivity index (χ3v) is 7.52. The largest absolute Gasteiger partial charge is 0.507 e. The van der Waals surface area contributed by atoms with Crippen molar-refractivity contribution in [2.45, 2.75) is 64.1 Å². The molecule has 4 rings (SSSR count). The zero-order valence-electron chi connectivity index (χ0n) is 21.9. The van der Waals surface area contributed by atoms with Crippen molar-refractivity contribution in [3.63, 3.8) is 0 Å². The second kappa shape index (κ2) is 13.5. The topological polar surface area (TPSA) is 104 Å². The minimum absolute atomic E-state index is 0.0764. The minimum Gasteiger partial charge on any atom is -0.507 e. The molecule has 9 heteroatoms. The lowest BCUT2D eigenvalue weighted by atomic mass is 9.96. The van der Waals surface area contributed by atoms with Gasteiger partial charge in [-0.3, -0.25) is 14.4 Å². The molecule has 4 N–H and O–H groups in total. The van der Waals surface area contributed by atoms with Crippen molar-refractivity contribution in [1.82, 2.24) is 14.9 Å². The first-order valence-electron chi connectivity index (χ1n) is 13.3. The molecule has 1 amide bonds. The van der Waals surface area contributed by atoms with Gasteiger partial charge >= 0.3 is 0 Å². The number of carbonyl (C=O) groups excluding carboxylic acids is 1. The fourth-order valence-electron chi connectivity index (χ4n) is 4.88. The lowest BCUT2D eigenvalue weighted by Crippen LogP contribution is -2.29. The quantitative estimate of drug-likeness (QED) is 0.208. The third kappa shape index (κ3) is 7.16. The molecule has 1 aliphatic rings. The normalized spacial score (nSPS) is 14.6. The maximum atomic E-state index is 13.4. The van der Waals surface area contributed by atoms with E-state index in [-0.39, 0.29) is 17.7 Å². The number of nitrogens with zero attached hydrogens (tertiary/aromatic N) is 3. The number of hydrogen-bond acceptors (Lipinski definition) is 6. The van der Waals surface area contributed by atoms with E-state index in [4.69, 9.17) is 4.98 Å². The molecule has 1 heterocycles. The van der Waals surface area contributed by atoms with E-state index in [9.17, 15) is 9.90 Å². The SMILES string of the molecule is C=N[C@@H](CNc1nc(NC2CCCCC2)n(Cc2ccc(O)c(Br)c2)c1C(=O)NCC)Cc1ccccc1. The number of carbonyl (C=O) groups is 1. The van der Waals surface area contributed by atoms with Crippen LogP contribution in [-0.4, -0.2) is 52.5 Å². The summed E-state index contributed by atoms with van der Waals surface area (Å²) in [5.41, 5.74) is 2.58. The monoisotopic (exact) mass is 580 g/mol. The van der Waals surface area contributed by atoms with Crippen molar-refractivity contribution in [2.24, 2.45) is 4.99 Å². The van der Waals surface area contributed by atoms with Gasteiger partial charge in [0.25, 0.3) is 5.91 Å². The van der Waals surface area contributed by atoms with E-state index >= 15 is 0 Å². The molecule has 1 saturated carbocycles. The molecule has 1 fully saturated rings. The lowest BCUT2D eigenvalue weighted by Gasteiger charge is -2.24. The maximum Gasteiger partial charge on any atom is 0.271 e. The Labute approximate surface area is 233 Å². The smallest absolute Gasteiger partial charge is 0.271 e. The van der Waals surface area contributed by atoms with Crippen LogP contribution in [0.15, 0.2) is 58.0 Å². The number of phenolic OH excluding ortho intramolecular Hbond substituents is 1. The lowest BCUT2D eigenvalue weighted by molar-refractivity contribution is 0.0948. The first kappa shape index (κ1) is 27.7. The molecule has 0 radical (unpaired) electrons. The number of halogens is 1. The predicted molar refractivity (Wildman–Crippen MR) is 158 cm³/mol. The first-order valence-corrected chi connectivity index (χ1v) is 14.1. The summed E-state index contributed by atoms with van der Waals surface area (Å²) < 4.78 is 2.55. The number of hydrogen-bond donors (Lipinski definition) is 4. The van der Waals surface area contributed by atoms with Gasteiger partial charge < -0.3 is 21.1 Å². The number of phenols is 1. The van der Waals surface area contributed by atoms with Crippen LogP contribution in [-0.2, 0) is 13.0 Å². The number of imidazole rings is 1. The zero-order valence-corrected chi connectivity index (χ0v) is 23.5. The van der Waals surface area contributed by atoms with Crippen LogP contribution in [0.25, 0.3) is 0 Å². The Kier molecular flexibility index (Phi) is 9.81. The Balaban J connectivity index is 1.66. The summed E-state index contributed by atoms with van der Waals surface area (Å²) in [4.78, 5) is 22.6. The fourth-order valence-corrected chi connectivity index (χ4v) is 5.30. The molecule has 0 aliphatic heterocycles. The predicted octanol–water partition coefficient (Wildman–Crippen LogP) is 5.62. The number of aromatic nitrogens is 2. The summed E-state index contributed by atoms with van der Waals surface area (Å²) in [6.07, 6.45) is 6.52. The molecule has 0 spiro atoms. The van der Waals surface area contributed by atoms with E-state index in [2.05, 4.69) is 55.7 Å². The molecule has 0 bridgehead atoms. The molecule has 2 aromatic carbocycles. The van der Waals surface area contributed by atoms with E-state index in [1.165, 1.54) is 24.8 Å². The van der Waals surface area contributed by atoms with E-state index < -0.39 is 0 Å². The van der Waals surface area contributed by atoms with Crippen molar-refractivity contribution in [3.05, 3.63) is 69.8 Å². The number of rotatable bonds is 12. The van der Waals surface area contributed by atoms with E-state index in [0.29, 0.717) is 47.6 Å². The third-order valence-electron chi connectivity index (χ3n) is 6.89. The van der Waals surface area contributed by atoms with Crippen LogP contribution in [0, 0.1) is 0 Å². The second-order valence-corrected chi connectivity index (χ2v) is 10.6. The van der Waals surface area contributed by atoms with E-state index in [1.54, 1.807) is 6.07 Å². The van der Waals surface area contributed by atoms with Crippen LogP contribution in [0.1, 0.15) is 60.6 Å². The molecule has 1 aromatic heterocycles. The van der Waals surface area contributed by atoms with Crippen LogP contribution in [0.2, 0.25) is 0 Å². The summed E-state index contributed by atoms with van der Waals surface area (Å²) in [6.45, 7) is 7.12. The van der Waals surface area contributed by atoms with Crippen LogP contribution >= 0.6 is 15.9 Å². The maximum absolute atomic E-state index is 13.4. The summed E-state index contributed by atoms with van der Waals surface area (Å²) in [5.74, 6) is 1.17. The molecular weight excluding hydrogens is 544 g/mol. The number of aliphatic imine (C=N–C) groups is 1. The van der Waals surface area contributed by atoms with Crippen molar-refractivity contribution in [3.8, 4) is 5.75 Å². The second-order valence-electron chi connectivity index (χ2n) is 9.75. The highest BCUT2D eigenvalue weighted by Crippen LogP contribution is 2.29. The van der Waals surface area contributed by atoms with Gasteiger partial charge in [-0.05, 0) is 72.1 Å². The Bertz CT molecular complexity index is 1220. The van der Waals surface area contributed by atoms with Gasteiger partial charge in [-0.15, -0.1) is 0 Å². The average Bonchev–Trinajstić information content (AvgIpc) is 3.26.